The fraction of sp³-hybridized carbons (Fsp3) is 0.217. The lowest BCUT2D eigenvalue weighted by molar-refractivity contribution is 0.0944. The van der Waals surface area contributed by atoms with Gasteiger partial charge in [0.15, 0.2) is 0 Å². The molecule has 2 heterocycles. The molecule has 0 atom stereocenters. The largest absolute Gasteiger partial charge is 0.365 e. The molecular weight excluding hydrogens is 392 g/mol. The quantitative estimate of drug-likeness (QED) is 0.491. The topological polar surface area (TPSA) is 122 Å². The van der Waals surface area contributed by atoms with Gasteiger partial charge in [-0.15, -0.1) is 0 Å². The number of amides is 2. The van der Waals surface area contributed by atoms with Crippen molar-refractivity contribution in [3.05, 3.63) is 70.9 Å². The summed E-state index contributed by atoms with van der Waals surface area (Å²) in [5, 5.41) is 9.24. The first-order valence-electron chi connectivity index (χ1n) is 10.3. The molecule has 3 aromatic rings. The molecule has 31 heavy (non-hydrogen) atoms. The Morgan fingerprint density at radius 1 is 1.13 bits per heavy atom. The summed E-state index contributed by atoms with van der Waals surface area (Å²) in [4.78, 5) is 32.9. The third kappa shape index (κ3) is 3.92. The first-order chi connectivity index (χ1) is 15.1. The number of nitrogens with one attached hydrogen (secondary N) is 3. The summed E-state index contributed by atoms with van der Waals surface area (Å²) in [5.41, 5.74) is 10.1. The minimum Gasteiger partial charge on any atom is -0.365 e. The van der Waals surface area contributed by atoms with E-state index in [0.717, 1.165) is 16.9 Å². The minimum absolute atomic E-state index is 0.111. The molecule has 156 valence electrons. The number of rotatable bonds is 6. The second kappa shape index (κ2) is 7.71. The van der Waals surface area contributed by atoms with Crippen molar-refractivity contribution in [1.82, 2.24) is 15.3 Å². The van der Waals surface area contributed by atoms with Crippen molar-refractivity contribution in [3.63, 3.8) is 0 Å². The molecule has 1 aromatic heterocycles. The van der Waals surface area contributed by atoms with Crippen LogP contribution < -0.4 is 21.7 Å². The second-order valence-corrected chi connectivity index (χ2v) is 7.81. The lowest BCUT2D eigenvalue weighted by Crippen LogP contribution is -2.32. The molecule has 0 unspecified atom stereocenters. The number of aromatic nitrogens is 2. The molecule has 1 aliphatic heterocycles. The van der Waals surface area contributed by atoms with Crippen molar-refractivity contribution in [2.75, 3.05) is 17.2 Å². The van der Waals surface area contributed by atoms with Gasteiger partial charge in [0.2, 0.25) is 5.95 Å². The van der Waals surface area contributed by atoms with E-state index in [0.29, 0.717) is 36.2 Å². The maximum absolute atomic E-state index is 12.2. The number of primary amides is 1. The fourth-order valence-electron chi connectivity index (χ4n) is 3.84. The first kappa shape index (κ1) is 19.0. The van der Waals surface area contributed by atoms with Gasteiger partial charge in [-0.1, -0.05) is 18.2 Å². The first-order valence-corrected chi connectivity index (χ1v) is 10.3. The van der Waals surface area contributed by atoms with Crippen molar-refractivity contribution in [2.24, 2.45) is 5.73 Å². The van der Waals surface area contributed by atoms with Crippen LogP contribution in [0.1, 0.15) is 50.6 Å². The Bertz CT molecular complexity index is 1190. The number of nitrogens with two attached hydrogens (primary N) is 1. The van der Waals surface area contributed by atoms with Gasteiger partial charge < -0.3 is 21.7 Å². The Morgan fingerprint density at radius 3 is 2.77 bits per heavy atom. The SMILES string of the molecule is NC(=O)c1cnc(Nc2cccc(C3CC3)c2)nc1Nc1cccc2c1CCNC2=O. The van der Waals surface area contributed by atoms with Gasteiger partial charge in [-0.05, 0) is 60.6 Å². The predicted molar refractivity (Wildman–Crippen MR) is 118 cm³/mol. The van der Waals surface area contributed by atoms with E-state index in [1.165, 1.54) is 24.6 Å². The number of fused-ring (bicyclic) bond motifs is 1. The smallest absolute Gasteiger partial charge is 0.254 e. The number of anilines is 4. The molecule has 0 saturated heterocycles. The van der Waals surface area contributed by atoms with Crippen LogP contribution in [0.2, 0.25) is 0 Å². The lowest BCUT2D eigenvalue weighted by Gasteiger charge is -2.20. The molecule has 1 aliphatic carbocycles. The third-order valence-corrected chi connectivity index (χ3v) is 5.58. The van der Waals surface area contributed by atoms with E-state index in [1.807, 2.05) is 18.2 Å². The molecule has 2 aliphatic rings. The zero-order valence-electron chi connectivity index (χ0n) is 16.8. The van der Waals surface area contributed by atoms with Gasteiger partial charge in [-0.3, -0.25) is 9.59 Å². The van der Waals surface area contributed by atoms with Crippen molar-refractivity contribution >= 4 is 35.0 Å². The van der Waals surface area contributed by atoms with E-state index >= 15 is 0 Å². The molecule has 2 amide bonds. The highest BCUT2D eigenvalue weighted by atomic mass is 16.2. The number of hydrogen-bond acceptors (Lipinski definition) is 6. The molecular formula is C23H22N6O2. The van der Waals surface area contributed by atoms with Crippen LogP contribution >= 0.6 is 0 Å². The Labute approximate surface area is 179 Å². The highest BCUT2D eigenvalue weighted by Crippen LogP contribution is 2.40. The van der Waals surface area contributed by atoms with Crippen molar-refractivity contribution < 1.29 is 9.59 Å². The van der Waals surface area contributed by atoms with Crippen LogP contribution in [0.3, 0.4) is 0 Å². The number of carbonyl (C=O) groups is 2. The van der Waals surface area contributed by atoms with E-state index in [9.17, 15) is 9.59 Å². The Hall–Kier alpha value is -3.94. The highest BCUT2D eigenvalue weighted by Gasteiger charge is 2.24. The standard InChI is InChI=1S/C23H22N6O2/c24-20(30)18-12-26-23(27-15-4-1-3-14(11-15)13-7-8-13)29-21(18)28-19-6-2-5-17-16(19)9-10-25-22(17)31/h1-6,11-13H,7-10H2,(H2,24,30)(H,25,31)(H2,26,27,28,29). The maximum Gasteiger partial charge on any atom is 0.254 e. The van der Waals surface area contributed by atoms with Gasteiger partial charge in [0.25, 0.3) is 11.8 Å². The summed E-state index contributed by atoms with van der Waals surface area (Å²) in [7, 11) is 0. The third-order valence-electron chi connectivity index (χ3n) is 5.58. The molecule has 8 nitrogen and oxygen atoms in total. The van der Waals surface area contributed by atoms with E-state index in [-0.39, 0.29) is 11.5 Å². The molecule has 1 fully saturated rings. The van der Waals surface area contributed by atoms with E-state index < -0.39 is 5.91 Å². The normalized spacial score (nSPS) is 15.0. The van der Waals surface area contributed by atoms with Crippen LogP contribution in [0.5, 0.6) is 0 Å². The van der Waals surface area contributed by atoms with Crippen LogP contribution in [0, 0.1) is 0 Å². The Kier molecular flexibility index (Phi) is 4.74. The number of benzene rings is 2. The number of carbonyl (C=O) groups excluding carboxylic acids is 2. The molecule has 5 N–H and O–H groups in total. The van der Waals surface area contributed by atoms with Gasteiger partial charge in [-0.25, -0.2) is 4.98 Å². The summed E-state index contributed by atoms with van der Waals surface area (Å²) in [6, 6.07) is 13.6. The molecule has 1 saturated carbocycles. The van der Waals surface area contributed by atoms with Gasteiger partial charge in [-0.2, -0.15) is 4.98 Å². The van der Waals surface area contributed by atoms with Crippen LogP contribution in [0.15, 0.2) is 48.7 Å². The van der Waals surface area contributed by atoms with Gasteiger partial charge in [0.05, 0.1) is 0 Å². The molecule has 0 radical (unpaired) electrons. The highest BCUT2D eigenvalue weighted by molar-refractivity contribution is 6.00. The van der Waals surface area contributed by atoms with Crippen molar-refractivity contribution in [2.45, 2.75) is 25.2 Å². The summed E-state index contributed by atoms with van der Waals surface area (Å²) in [6.07, 6.45) is 4.54. The van der Waals surface area contributed by atoms with Crippen LogP contribution in [-0.2, 0) is 6.42 Å². The average Bonchev–Trinajstić information content (AvgIpc) is 3.60. The number of nitrogens with zero attached hydrogens (tertiary/aromatic N) is 2. The average molecular weight is 414 g/mol. The maximum atomic E-state index is 12.2. The molecule has 0 spiro atoms. The van der Waals surface area contributed by atoms with E-state index in [2.05, 4.69) is 38.1 Å². The van der Waals surface area contributed by atoms with E-state index in [1.54, 1.807) is 12.1 Å². The van der Waals surface area contributed by atoms with Crippen LogP contribution in [0.25, 0.3) is 0 Å². The number of hydrogen-bond donors (Lipinski definition) is 4. The molecule has 8 heteroatoms. The van der Waals surface area contributed by atoms with Crippen molar-refractivity contribution in [3.8, 4) is 0 Å². The fourth-order valence-corrected chi connectivity index (χ4v) is 3.84. The monoisotopic (exact) mass is 414 g/mol. The molecule has 0 bridgehead atoms. The van der Waals surface area contributed by atoms with Crippen LogP contribution in [0.4, 0.5) is 23.1 Å². The summed E-state index contributed by atoms with van der Waals surface area (Å²) < 4.78 is 0. The molecule has 2 aromatic carbocycles. The van der Waals surface area contributed by atoms with Crippen molar-refractivity contribution in [1.29, 1.82) is 0 Å². The summed E-state index contributed by atoms with van der Waals surface area (Å²) >= 11 is 0. The Balaban J connectivity index is 1.47. The van der Waals surface area contributed by atoms with Gasteiger partial charge in [0.1, 0.15) is 11.4 Å². The van der Waals surface area contributed by atoms with Gasteiger partial charge in [0, 0.05) is 29.7 Å². The summed E-state index contributed by atoms with van der Waals surface area (Å²) in [6.45, 7) is 0.557. The van der Waals surface area contributed by atoms with Gasteiger partial charge >= 0.3 is 0 Å². The predicted octanol–water partition coefficient (Wildman–Crippen LogP) is 3.23. The lowest BCUT2D eigenvalue weighted by atomic mass is 9.98. The minimum atomic E-state index is -0.632. The Morgan fingerprint density at radius 2 is 1.97 bits per heavy atom. The zero-order valence-corrected chi connectivity index (χ0v) is 16.8. The zero-order chi connectivity index (χ0) is 21.4. The summed E-state index contributed by atoms with van der Waals surface area (Å²) in [5.74, 6) is 0.539. The second-order valence-electron chi connectivity index (χ2n) is 7.81. The molecule has 5 rings (SSSR count). The van der Waals surface area contributed by atoms with E-state index in [4.69, 9.17) is 5.73 Å². The van der Waals surface area contributed by atoms with Crippen LogP contribution in [-0.4, -0.2) is 28.3 Å².